The number of benzene rings is 1. The van der Waals surface area contributed by atoms with Crippen LogP contribution in [0.25, 0.3) is 10.2 Å². The van der Waals surface area contributed by atoms with Crippen molar-refractivity contribution >= 4 is 21.6 Å². The smallest absolute Gasteiger partial charge is 0.307 e. The van der Waals surface area contributed by atoms with Crippen molar-refractivity contribution in [3.05, 3.63) is 33.4 Å². The number of aryl methyl sites for hydroxylation is 1. The third-order valence-electron chi connectivity index (χ3n) is 4.64. The number of fused-ring (bicyclic) bond motifs is 1. The average Bonchev–Trinajstić information content (AvgIpc) is 2.74. The van der Waals surface area contributed by atoms with Gasteiger partial charge in [-0.15, -0.1) is 0 Å². The molecular weight excluding hydrogens is 282 g/mol. The van der Waals surface area contributed by atoms with E-state index < -0.39 is 0 Å². The first-order valence-corrected chi connectivity index (χ1v) is 8.42. The summed E-state index contributed by atoms with van der Waals surface area (Å²) in [5.41, 5.74) is 8.32. The second-order valence-electron chi connectivity index (χ2n) is 6.20. The SMILES string of the molecule is CC(N)C1CCN(Cc2ccc3c(c2)sc(=O)n3C)CC1. The van der Waals surface area contributed by atoms with Gasteiger partial charge in [0, 0.05) is 19.6 Å². The molecule has 3 rings (SSSR count). The second kappa shape index (κ2) is 5.91. The Balaban J connectivity index is 1.70. The highest BCUT2D eigenvalue weighted by Crippen LogP contribution is 2.23. The van der Waals surface area contributed by atoms with Gasteiger partial charge < -0.3 is 10.3 Å². The van der Waals surface area contributed by atoms with Gasteiger partial charge in [0.15, 0.2) is 0 Å². The Morgan fingerprint density at radius 3 is 2.76 bits per heavy atom. The molecule has 0 aliphatic carbocycles. The molecule has 1 aliphatic rings. The Kier molecular flexibility index (Phi) is 4.15. The first-order chi connectivity index (χ1) is 10.0. The van der Waals surface area contributed by atoms with Crippen LogP contribution in [0.3, 0.4) is 0 Å². The lowest BCUT2D eigenvalue weighted by Crippen LogP contribution is -2.39. The molecule has 4 nitrogen and oxygen atoms in total. The van der Waals surface area contributed by atoms with Gasteiger partial charge in [-0.25, -0.2) is 0 Å². The molecule has 1 aromatic carbocycles. The Hall–Kier alpha value is -1.17. The molecule has 1 fully saturated rings. The Labute approximate surface area is 129 Å². The molecule has 21 heavy (non-hydrogen) atoms. The van der Waals surface area contributed by atoms with E-state index in [9.17, 15) is 4.79 Å². The van der Waals surface area contributed by atoms with Crippen molar-refractivity contribution in [1.29, 1.82) is 0 Å². The fourth-order valence-electron chi connectivity index (χ4n) is 3.17. The standard InChI is InChI=1S/C16H23N3OS/c1-11(17)13-5-7-19(8-6-13)10-12-3-4-14-15(9-12)21-16(20)18(14)2/h3-4,9,11,13H,5-8,10,17H2,1-2H3. The largest absolute Gasteiger partial charge is 0.328 e. The molecule has 1 aromatic heterocycles. The van der Waals surface area contributed by atoms with Crippen molar-refractivity contribution < 1.29 is 0 Å². The molecule has 2 N–H and O–H groups in total. The number of likely N-dealkylation sites (tertiary alicyclic amines) is 1. The summed E-state index contributed by atoms with van der Waals surface area (Å²) in [5.74, 6) is 0.670. The molecule has 2 aromatic rings. The Morgan fingerprint density at radius 2 is 2.10 bits per heavy atom. The van der Waals surface area contributed by atoms with Gasteiger partial charge in [-0.1, -0.05) is 17.4 Å². The van der Waals surface area contributed by atoms with E-state index in [1.165, 1.54) is 29.7 Å². The third kappa shape index (κ3) is 3.05. The van der Waals surface area contributed by atoms with Gasteiger partial charge in [0.05, 0.1) is 10.2 Å². The lowest BCUT2D eigenvalue weighted by atomic mass is 9.91. The van der Waals surface area contributed by atoms with Crippen LogP contribution in [0.2, 0.25) is 0 Å². The highest BCUT2D eigenvalue weighted by atomic mass is 32.1. The zero-order chi connectivity index (χ0) is 15.0. The number of nitrogens with two attached hydrogens (primary N) is 1. The zero-order valence-corrected chi connectivity index (χ0v) is 13.5. The van der Waals surface area contributed by atoms with E-state index in [0.717, 1.165) is 29.9 Å². The summed E-state index contributed by atoms with van der Waals surface area (Å²) in [6.45, 7) is 5.33. The molecule has 0 bridgehead atoms. The van der Waals surface area contributed by atoms with Gasteiger partial charge in [-0.05, 0) is 56.5 Å². The van der Waals surface area contributed by atoms with Gasteiger partial charge >= 0.3 is 4.87 Å². The van der Waals surface area contributed by atoms with Crippen LogP contribution in [0.5, 0.6) is 0 Å². The van der Waals surface area contributed by atoms with E-state index in [1.54, 1.807) is 4.57 Å². The van der Waals surface area contributed by atoms with Crippen LogP contribution in [-0.2, 0) is 13.6 Å². The van der Waals surface area contributed by atoms with Crippen molar-refractivity contribution in [2.45, 2.75) is 32.4 Å². The summed E-state index contributed by atoms with van der Waals surface area (Å²) in [6, 6.07) is 6.69. The highest BCUT2D eigenvalue weighted by Gasteiger charge is 2.21. The molecule has 0 amide bonds. The summed E-state index contributed by atoms with van der Waals surface area (Å²) in [4.78, 5) is 14.3. The number of hydrogen-bond acceptors (Lipinski definition) is 4. The van der Waals surface area contributed by atoms with E-state index in [4.69, 9.17) is 5.73 Å². The number of aromatic nitrogens is 1. The molecule has 114 valence electrons. The highest BCUT2D eigenvalue weighted by molar-refractivity contribution is 7.16. The summed E-state index contributed by atoms with van der Waals surface area (Å²) >= 11 is 1.33. The Morgan fingerprint density at radius 1 is 1.38 bits per heavy atom. The van der Waals surface area contributed by atoms with Crippen molar-refractivity contribution in [3.8, 4) is 0 Å². The van der Waals surface area contributed by atoms with Gasteiger partial charge in [-0.3, -0.25) is 9.69 Å². The lowest BCUT2D eigenvalue weighted by molar-refractivity contribution is 0.166. The summed E-state index contributed by atoms with van der Waals surface area (Å²) in [6.07, 6.45) is 2.39. The minimum absolute atomic E-state index is 0.111. The zero-order valence-electron chi connectivity index (χ0n) is 12.7. The van der Waals surface area contributed by atoms with E-state index >= 15 is 0 Å². The molecule has 1 atom stereocenters. The quantitative estimate of drug-likeness (QED) is 0.945. The van der Waals surface area contributed by atoms with E-state index in [1.807, 2.05) is 7.05 Å². The van der Waals surface area contributed by atoms with Crippen LogP contribution >= 0.6 is 11.3 Å². The average molecular weight is 305 g/mol. The summed E-state index contributed by atoms with van der Waals surface area (Å²) < 4.78 is 2.81. The van der Waals surface area contributed by atoms with Gasteiger partial charge in [0.1, 0.15) is 0 Å². The van der Waals surface area contributed by atoms with Crippen LogP contribution in [0.1, 0.15) is 25.3 Å². The van der Waals surface area contributed by atoms with Crippen LogP contribution in [0.4, 0.5) is 0 Å². The number of nitrogens with zero attached hydrogens (tertiary/aromatic N) is 2. The first kappa shape index (κ1) is 14.8. The predicted octanol–water partition coefficient (Wildman–Crippen LogP) is 2.16. The number of thiazole rings is 1. The topological polar surface area (TPSA) is 51.3 Å². The Bertz CT molecular complexity index is 680. The molecule has 5 heteroatoms. The van der Waals surface area contributed by atoms with Crippen LogP contribution in [0, 0.1) is 5.92 Å². The van der Waals surface area contributed by atoms with Gasteiger partial charge in [0.25, 0.3) is 0 Å². The summed E-state index contributed by atoms with van der Waals surface area (Å²) in [7, 11) is 1.83. The maximum atomic E-state index is 11.7. The second-order valence-corrected chi connectivity index (χ2v) is 7.19. The van der Waals surface area contributed by atoms with E-state index in [-0.39, 0.29) is 4.87 Å². The van der Waals surface area contributed by atoms with Crippen molar-refractivity contribution in [1.82, 2.24) is 9.47 Å². The van der Waals surface area contributed by atoms with Gasteiger partial charge in [0.2, 0.25) is 0 Å². The molecule has 1 aliphatic heterocycles. The maximum Gasteiger partial charge on any atom is 0.307 e. The van der Waals surface area contributed by atoms with E-state index in [0.29, 0.717) is 12.0 Å². The normalized spacial score (nSPS) is 19.2. The number of piperidine rings is 1. The maximum absolute atomic E-state index is 11.7. The van der Waals surface area contributed by atoms with Crippen LogP contribution < -0.4 is 10.6 Å². The lowest BCUT2D eigenvalue weighted by Gasteiger charge is -2.33. The molecule has 0 saturated carbocycles. The fourth-order valence-corrected chi connectivity index (χ4v) is 4.11. The molecule has 2 heterocycles. The number of rotatable bonds is 3. The minimum atomic E-state index is 0.111. The van der Waals surface area contributed by atoms with Crippen molar-refractivity contribution in [2.75, 3.05) is 13.1 Å². The monoisotopic (exact) mass is 305 g/mol. The fraction of sp³-hybridized carbons (Fsp3) is 0.562. The first-order valence-electron chi connectivity index (χ1n) is 7.61. The van der Waals surface area contributed by atoms with Crippen LogP contribution in [-0.4, -0.2) is 28.6 Å². The number of hydrogen-bond donors (Lipinski definition) is 1. The van der Waals surface area contributed by atoms with Crippen molar-refractivity contribution in [2.24, 2.45) is 18.7 Å². The van der Waals surface area contributed by atoms with Crippen molar-refractivity contribution in [3.63, 3.8) is 0 Å². The summed E-state index contributed by atoms with van der Waals surface area (Å²) in [5, 5.41) is 0. The molecular formula is C16H23N3OS. The molecule has 1 unspecified atom stereocenters. The molecule has 1 saturated heterocycles. The molecule has 0 radical (unpaired) electrons. The third-order valence-corrected chi connectivity index (χ3v) is 5.63. The van der Waals surface area contributed by atoms with Gasteiger partial charge in [-0.2, -0.15) is 0 Å². The minimum Gasteiger partial charge on any atom is -0.328 e. The van der Waals surface area contributed by atoms with E-state index in [2.05, 4.69) is 30.0 Å². The predicted molar refractivity (Wildman–Crippen MR) is 88.7 cm³/mol. The molecule has 0 spiro atoms. The van der Waals surface area contributed by atoms with Crippen LogP contribution in [0.15, 0.2) is 23.0 Å².